The first-order chi connectivity index (χ1) is 18.5. The van der Waals surface area contributed by atoms with Gasteiger partial charge in [0.05, 0.1) is 6.10 Å². The normalized spacial score (nSPS) is 13.2. The van der Waals surface area contributed by atoms with Gasteiger partial charge < -0.3 is 4.74 Å². The fourth-order valence-electron chi connectivity index (χ4n) is 5.65. The van der Waals surface area contributed by atoms with Gasteiger partial charge in [-0.2, -0.15) is 0 Å². The average molecular weight is 639 g/mol. The highest BCUT2D eigenvalue weighted by Crippen LogP contribution is 2.45. The third-order valence-corrected chi connectivity index (χ3v) is 8.93. The Balaban J connectivity index is 1.99. The van der Waals surface area contributed by atoms with Crippen LogP contribution in [0, 0.1) is 5.92 Å². The Labute approximate surface area is 246 Å². The van der Waals surface area contributed by atoms with E-state index < -0.39 is 0 Å². The molecule has 3 heteroatoms. The molecule has 0 amide bonds. The summed E-state index contributed by atoms with van der Waals surface area (Å²) in [7, 11) is 0. The first kappa shape index (κ1) is 29.2. The van der Waals surface area contributed by atoms with Gasteiger partial charge in [0.2, 0.25) is 0 Å². The van der Waals surface area contributed by atoms with Crippen molar-refractivity contribution in [2.24, 2.45) is 5.92 Å². The molecule has 2 atom stereocenters. The lowest BCUT2D eigenvalue weighted by atomic mass is 9.84. The van der Waals surface area contributed by atoms with Gasteiger partial charge >= 0.3 is 0 Å². The molecule has 4 rings (SSSR count). The van der Waals surface area contributed by atoms with E-state index in [1.54, 1.807) is 0 Å². The predicted octanol–water partition coefficient (Wildman–Crippen LogP) is 12.3. The van der Waals surface area contributed by atoms with Crippen molar-refractivity contribution in [2.45, 2.75) is 91.6 Å². The fourth-order valence-corrected chi connectivity index (χ4v) is 6.39. The molecule has 0 saturated carbocycles. The lowest BCUT2D eigenvalue weighted by molar-refractivity contribution is 0.184. The Morgan fingerprint density at radius 3 is 2.08 bits per heavy atom. The summed E-state index contributed by atoms with van der Waals surface area (Å²) in [6.45, 7) is 9.15. The van der Waals surface area contributed by atoms with Gasteiger partial charge in [-0.05, 0) is 88.2 Å². The zero-order valence-corrected chi connectivity index (χ0v) is 26.6. The first-order valence-electron chi connectivity index (χ1n) is 14.6. The smallest absolute Gasteiger partial charge is 0.128 e. The Morgan fingerprint density at radius 2 is 1.34 bits per heavy atom. The summed E-state index contributed by atoms with van der Waals surface area (Å²) < 4.78 is 9.11. The van der Waals surface area contributed by atoms with Gasteiger partial charge in [-0.3, -0.25) is 0 Å². The molecule has 0 fully saturated rings. The maximum Gasteiger partial charge on any atom is 0.128 e. The van der Waals surface area contributed by atoms with Crippen molar-refractivity contribution >= 4 is 53.4 Å². The molecule has 0 bridgehead atoms. The molecule has 0 saturated heterocycles. The number of rotatable bonds is 13. The molecule has 4 aromatic carbocycles. The number of benzene rings is 4. The third-order valence-electron chi connectivity index (χ3n) is 7.94. The zero-order chi connectivity index (χ0) is 27.1. The van der Waals surface area contributed by atoms with E-state index in [9.17, 15) is 0 Å². The van der Waals surface area contributed by atoms with Crippen molar-refractivity contribution in [3.63, 3.8) is 0 Å². The lowest BCUT2D eigenvalue weighted by Gasteiger charge is -2.24. The van der Waals surface area contributed by atoms with Crippen LogP contribution in [-0.2, 0) is 6.42 Å². The summed E-state index contributed by atoms with van der Waals surface area (Å²) in [4.78, 5) is 0. The van der Waals surface area contributed by atoms with Gasteiger partial charge in [-0.1, -0.05) is 128 Å². The van der Waals surface area contributed by atoms with E-state index in [4.69, 9.17) is 4.74 Å². The van der Waals surface area contributed by atoms with E-state index in [0.717, 1.165) is 34.0 Å². The number of ether oxygens (including phenoxy) is 1. The molecule has 0 aliphatic rings. The molecular weight excluding hydrogens is 596 g/mol. The van der Waals surface area contributed by atoms with E-state index in [0.29, 0.717) is 5.92 Å². The van der Waals surface area contributed by atoms with Crippen molar-refractivity contribution < 1.29 is 4.74 Å². The molecule has 38 heavy (non-hydrogen) atoms. The monoisotopic (exact) mass is 636 g/mol. The summed E-state index contributed by atoms with van der Waals surface area (Å²) in [6.07, 6.45) is 10.8. The Bertz CT molecular complexity index is 1360. The minimum Gasteiger partial charge on any atom is -0.490 e. The highest BCUT2D eigenvalue weighted by atomic mass is 79.9. The topological polar surface area (TPSA) is 9.23 Å². The fraction of sp³-hybridized carbons (Fsp3) is 0.429. The lowest BCUT2D eigenvalue weighted by Crippen LogP contribution is -2.16. The van der Waals surface area contributed by atoms with Crippen molar-refractivity contribution in [1.82, 2.24) is 0 Å². The molecule has 2 unspecified atom stereocenters. The summed E-state index contributed by atoms with van der Waals surface area (Å²) in [5.41, 5.74) is 4.02. The number of fused-ring (bicyclic) bond motifs is 2. The molecule has 0 aliphatic carbocycles. The third kappa shape index (κ3) is 6.83. The van der Waals surface area contributed by atoms with Crippen LogP contribution in [0.15, 0.2) is 69.6 Å². The van der Waals surface area contributed by atoms with E-state index in [2.05, 4.69) is 120 Å². The molecule has 0 radical (unpaired) electrons. The minimum atomic E-state index is 0.222. The molecule has 202 valence electrons. The Hall–Kier alpha value is -1.84. The first-order valence-corrected chi connectivity index (χ1v) is 16.2. The van der Waals surface area contributed by atoms with Crippen molar-refractivity contribution in [3.05, 3.63) is 75.2 Å². The van der Waals surface area contributed by atoms with E-state index in [1.807, 2.05) is 0 Å². The Kier molecular flexibility index (Phi) is 10.7. The molecule has 1 nitrogen and oxygen atoms in total. The summed E-state index contributed by atoms with van der Waals surface area (Å²) in [5.74, 6) is 1.69. The van der Waals surface area contributed by atoms with E-state index in [1.165, 1.54) is 76.8 Å². The average Bonchev–Trinajstić information content (AvgIpc) is 2.93. The zero-order valence-electron chi connectivity index (χ0n) is 23.5. The minimum absolute atomic E-state index is 0.222. The second-order valence-electron chi connectivity index (χ2n) is 10.7. The van der Waals surface area contributed by atoms with Gasteiger partial charge in [-0.25, -0.2) is 0 Å². The van der Waals surface area contributed by atoms with Gasteiger partial charge in [-0.15, -0.1) is 0 Å². The van der Waals surface area contributed by atoms with Crippen molar-refractivity contribution in [1.29, 1.82) is 0 Å². The van der Waals surface area contributed by atoms with Crippen LogP contribution < -0.4 is 4.74 Å². The van der Waals surface area contributed by atoms with Crippen LogP contribution in [0.2, 0.25) is 0 Å². The van der Waals surface area contributed by atoms with Crippen molar-refractivity contribution in [2.75, 3.05) is 0 Å². The quantitative estimate of drug-likeness (QED) is 0.142. The van der Waals surface area contributed by atoms with Gasteiger partial charge in [0, 0.05) is 14.5 Å². The number of halogens is 2. The second kappa shape index (κ2) is 14.0. The van der Waals surface area contributed by atoms with Crippen LogP contribution in [0.4, 0.5) is 0 Å². The van der Waals surface area contributed by atoms with Crippen molar-refractivity contribution in [3.8, 4) is 16.9 Å². The standard InChI is InChI=1S/C35H42Br2O/c1-5-9-11-24(7-3)21-27-14-13-25-15-17-29(37)23-32(25)34(27)35-31-19-18-28(36)22-26(31)16-20-33(35)38-30(8-4)12-10-6-2/h13-20,22-24,30H,5-12,21H2,1-4H3. The summed E-state index contributed by atoms with van der Waals surface area (Å²) in [6, 6.07) is 22.5. The van der Waals surface area contributed by atoms with Crippen LogP contribution in [0.1, 0.15) is 84.6 Å². The molecule has 0 aliphatic heterocycles. The van der Waals surface area contributed by atoms with Crippen LogP contribution in [0.5, 0.6) is 5.75 Å². The van der Waals surface area contributed by atoms with Gasteiger partial charge in [0.1, 0.15) is 5.75 Å². The summed E-state index contributed by atoms with van der Waals surface area (Å²) >= 11 is 7.49. The SMILES string of the molecule is CCCCC(CC)Cc1ccc2ccc(Br)cc2c1-c1c(OC(CC)CCCC)ccc2cc(Br)ccc12. The number of unbranched alkanes of at least 4 members (excludes halogenated alkanes) is 2. The highest BCUT2D eigenvalue weighted by Gasteiger charge is 2.22. The number of hydrogen-bond acceptors (Lipinski definition) is 1. The molecule has 4 aromatic rings. The molecule has 0 spiro atoms. The molecule has 0 aromatic heterocycles. The van der Waals surface area contributed by atoms with Crippen LogP contribution >= 0.6 is 31.9 Å². The largest absolute Gasteiger partial charge is 0.490 e. The number of hydrogen-bond donors (Lipinski definition) is 0. The second-order valence-corrected chi connectivity index (χ2v) is 12.5. The van der Waals surface area contributed by atoms with E-state index in [-0.39, 0.29) is 6.10 Å². The predicted molar refractivity (Wildman–Crippen MR) is 174 cm³/mol. The highest BCUT2D eigenvalue weighted by molar-refractivity contribution is 9.10. The van der Waals surface area contributed by atoms with Gasteiger partial charge in [0.25, 0.3) is 0 Å². The Morgan fingerprint density at radius 1 is 0.658 bits per heavy atom. The van der Waals surface area contributed by atoms with Crippen LogP contribution in [-0.4, -0.2) is 6.10 Å². The van der Waals surface area contributed by atoms with Gasteiger partial charge in [0.15, 0.2) is 0 Å². The summed E-state index contributed by atoms with van der Waals surface area (Å²) in [5, 5.41) is 5.06. The molecular formula is C35H42Br2O. The van der Waals surface area contributed by atoms with Crippen LogP contribution in [0.25, 0.3) is 32.7 Å². The molecule has 0 N–H and O–H groups in total. The van der Waals surface area contributed by atoms with E-state index >= 15 is 0 Å². The maximum absolute atomic E-state index is 6.90. The maximum atomic E-state index is 6.90. The van der Waals surface area contributed by atoms with Crippen LogP contribution in [0.3, 0.4) is 0 Å². The molecule has 0 heterocycles.